The highest BCUT2D eigenvalue weighted by Crippen LogP contribution is 2.42. The van der Waals surface area contributed by atoms with E-state index in [4.69, 9.17) is 55.2 Å². The van der Waals surface area contributed by atoms with Crippen molar-refractivity contribution in [2.75, 3.05) is 13.1 Å². The van der Waals surface area contributed by atoms with E-state index in [0.29, 0.717) is 56.5 Å². The van der Waals surface area contributed by atoms with Crippen molar-refractivity contribution in [2.45, 2.75) is 34.1 Å². The molecular weight excluding hydrogens is 922 g/mol. The molecule has 0 aliphatic carbocycles. The molecule has 0 radical (unpaired) electrons. The molecule has 4 N–H and O–H groups in total. The third-order valence-corrected chi connectivity index (χ3v) is 14.7. The first-order chi connectivity index (χ1) is 27.5. The topological polar surface area (TPSA) is 229 Å². The minimum absolute atomic E-state index is 0.0642. The number of nitrogens with zero attached hydrogens (tertiary/aromatic N) is 4. The second-order valence-corrected chi connectivity index (χ2v) is 19.8. The van der Waals surface area contributed by atoms with Crippen molar-refractivity contribution in [3.05, 3.63) is 80.0 Å². The van der Waals surface area contributed by atoms with E-state index in [1.807, 2.05) is 0 Å². The van der Waals surface area contributed by atoms with Crippen LogP contribution in [0.4, 0.5) is 0 Å². The van der Waals surface area contributed by atoms with Crippen LogP contribution in [0.5, 0.6) is 0 Å². The maximum Gasteiger partial charge on any atom is 0.304 e. The molecule has 0 aliphatic rings. The van der Waals surface area contributed by atoms with Gasteiger partial charge in [0.15, 0.2) is 31.0 Å². The molecule has 0 atom stereocenters. The first-order valence-electron chi connectivity index (χ1n) is 16.8. The highest BCUT2D eigenvalue weighted by molar-refractivity contribution is 7.88. The zero-order valence-corrected chi connectivity index (χ0v) is 35.2. The van der Waals surface area contributed by atoms with Crippen molar-refractivity contribution >= 4 is 144 Å². The van der Waals surface area contributed by atoms with Crippen LogP contribution in [0.25, 0.3) is 54.1 Å². The summed E-state index contributed by atoms with van der Waals surface area (Å²) in [5.74, 6) is -1.09. The second-order valence-electron chi connectivity index (χ2n) is 12.7. The number of halogens is 4. The van der Waals surface area contributed by atoms with Gasteiger partial charge in [-0.1, -0.05) is 59.2 Å². The standard InChI is InChI=1S/C34H24Cl4N6O10S4/c35-15-5-7-19(17(37)11-15)43-27-29(53-21-13-23(55-31(21)27)57(47,48)49)25(41-43)33(45)39-9-3-1-2-4-10-40-34(46)26-30-28(32-22(54-30)14-24(56-32)58(50,51)52)44(42-26)20-8-6-16(36)12-18(20)38/h5-8,11-14H,1-4,9-10H2,(H,39,45)(H,40,46)(H,47,48,49)(H,50,51,52). The molecule has 6 aromatic heterocycles. The Labute approximate surface area is 354 Å². The van der Waals surface area contributed by atoms with Gasteiger partial charge in [-0.05, 0) is 49.2 Å². The third kappa shape index (κ3) is 7.57. The number of furan rings is 2. The first kappa shape index (κ1) is 40.6. The molecule has 0 fully saturated rings. The van der Waals surface area contributed by atoms with E-state index in [-0.39, 0.29) is 76.3 Å². The molecule has 8 rings (SSSR count). The SMILES string of the molecule is O=C(NCCCCCCNC(=O)c1nn(-c2ccc(Cl)cc2Cl)c2c1oc1cc(S(=O)(=O)O)sc12)c1nn(-c2ccc(Cl)cc2Cl)c2c1oc1cc(S(=O)(=O)O)sc12. The number of carbonyl (C=O) groups excluding carboxylic acids is 2. The molecule has 16 nitrogen and oxygen atoms in total. The summed E-state index contributed by atoms with van der Waals surface area (Å²) < 4.78 is 81.0. The van der Waals surface area contributed by atoms with Crippen molar-refractivity contribution in [2.24, 2.45) is 0 Å². The fourth-order valence-electron chi connectivity index (χ4n) is 6.19. The number of nitrogens with one attached hydrogen (secondary N) is 2. The fraction of sp³-hybridized carbons (Fsp3) is 0.176. The molecular formula is C34H24Cl4N6O10S4. The minimum Gasteiger partial charge on any atom is -0.451 e. The van der Waals surface area contributed by atoms with Crippen LogP contribution in [-0.2, 0) is 20.2 Å². The van der Waals surface area contributed by atoms with Crippen LogP contribution >= 0.6 is 69.1 Å². The summed E-state index contributed by atoms with van der Waals surface area (Å²) >= 11 is 26.6. The number of carbonyl (C=O) groups is 2. The monoisotopic (exact) mass is 944 g/mol. The Morgan fingerprint density at radius 1 is 0.638 bits per heavy atom. The van der Waals surface area contributed by atoms with Gasteiger partial charge in [-0.2, -0.15) is 27.0 Å². The summed E-state index contributed by atoms with van der Waals surface area (Å²) in [6.45, 7) is 0.557. The Balaban J connectivity index is 0.909. The lowest BCUT2D eigenvalue weighted by molar-refractivity contribution is 0.0938. The van der Waals surface area contributed by atoms with Gasteiger partial charge in [0.2, 0.25) is 0 Å². The smallest absolute Gasteiger partial charge is 0.304 e. The van der Waals surface area contributed by atoms with Crippen LogP contribution in [0.2, 0.25) is 20.1 Å². The third-order valence-electron chi connectivity index (χ3n) is 8.78. The maximum absolute atomic E-state index is 13.4. The second kappa shape index (κ2) is 15.4. The largest absolute Gasteiger partial charge is 0.451 e. The molecule has 0 unspecified atom stereocenters. The van der Waals surface area contributed by atoms with E-state index < -0.39 is 32.1 Å². The van der Waals surface area contributed by atoms with Gasteiger partial charge < -0.3 is 19.5 Å². The summed E-state index contributed by atoms with van der Waals surface area (Å²) in [5.41, 5.74) is 1.60. The quantitative estimate of drug-likeness (QED) is 0.0628. The molecule has 0 spiro atoms. The fourth-order valence-corrected chi connectivity index (χ4v) is 10.7. The predicted molar refractivity (Wildman–Crippen MR) is 220 cm³/mol. The normalized spacial score (nSPS) is 12.4. The number of thiophene rings is 2. The number of benzene rings is 2. The summed E-state index contributed by atoms with van der Waals surface area (Å²) in [7, 11) is -9.05. The Hall–Kier alpha value is -4.22. The average molecular weight is 947 g/mol. The van der Waals surface area contributed by atoms with Crippen LogP contribution < -0.4 is 10.6 Å². The number of unbranched alkanes of at least 4 members (excludes halogenated alkanes) is 3. The van der Waals surface area contributed by atoms with Gasteiger partial charge >= 0.3 is 20.2 Å². The van der Waals surface area contributed by atoms with Crippen LogP contribution in [0.1, 0.15) is 46.7 Å². The van der Waals surface area contributed by atoms with Gasteiger partial charge in [0.1, 0.15) is 31.6 Å². The van der Waals surface area contributed by atoms with E-state index >= 15 is 0 Å². The van der Waals surface area contributed by atoms with Crippen molar-refractivity contribution in [1.29, 1.82) is 0 Å². The summed E-state index contributed by atoms with van der Waals surface area (Å²) in [6, 6.07) is 11.7. The molecule has 24 heteroatoms. The zero-order chi connectivity index (χ0) is 41.3. The molecule has 0 aliphatic heterocycles. The number of hydrogen-bond donors (Lipinski definition) is 4. The number of rotatable bonds is 13. The van der Waals surface area contributed by atoms with Gasteiger partial charge in [-0.15, -0.1) is 22.7 Å². The van der Waals surface area contributed by atoms with Crippen molar-refractivity contribution in [3.8, 4) is 11.4 Å². The van der Waals surface area contributed by atoms with E-state index in [2.05, 4.69) is 20.8 Å². The first-order valence-corrected chi connectivity index (χ1v) is 22.8. The van der Waals surface area contributed by atoms with Gasteiger partial charge in [0.25, 0.3) is 11.8 Å². The van der Waals surface area contributed by atoms with Crippen LogP contribution in [-0.4, -0.2) is 70.4 Å². The van der Waals surface area contributed by atoms with Gasteiger partial charge in [0, 0.05) is 35.3 Å². The summed E-state index contributed by atoms with van der Waals surface area (Å²) in [6.07, 6.45) is 2.54. The Kier molecular flexibility index (Phi) is 10.8. The van der Waals surface area contributed by atoms with Crippen molar-refractivity contribution in [3.63, 3.8) is 0 Å². The number of fused-ring (bicyclic) bond motifs is 6. The molecule has 58 heavy (non-hydrogen) atoms. The maximum atomic E-state index is 13.4. The summed E-state index contributed by atoms with van der Waals surface area (Å²) in [4.78, 5) is 26.8. The van der Waals surface area contributed by atoms with Gasteiger partial charge in [-0.3, -0.25) is 18.7 Å². The summed E-state index contributed by atoms with van der Waals surface area (Å²) in [5, 5.41) is 15.7. The Bertz CT molecular complexity index is 2990. The molecule has 0 saturated heterocycles. The lowest BCUT2D eigenvalue weighted by Gasteiger charge is -2.06. The molecule has 2 aromatic carbocycles. The molecule has 302 valence electrons. The van der Waals surface area contributed by atoms with Crippen LogP contribution in [0, 0.1) is 0 Å². The Morgan fingerprint density at radius 2 is 1.03 bits per heavy atom. The lowest BCUT2D eigenvalue weighted by atomic mass is 10.2. The minimum atomic E-state index is -4.52. The lowest BCUT2D eigenvalue weighted by Crippen LogP contribution is -2.26. The number of aromatic nitrogens is 4. The molecule has 8 aromatic rings. The van der Waals surface area contributed by atoms with E-state index in [0.717, 1.165) is 22.7 Å². The predicted octanol–water partition coefficient (Wildman–Crippen LogP) is 8.81. The highest BCUT2D eigenvalue weighted by Gasteiger charge is 2.30. The highest BCUT2D eigenvalue weighted by atomic mass is 35.5. The van der Waals surface area contributed by atoms with Crippen LogP contribution in [0.15, 0.2) is 65.8 Å². The van der Waals surface area contributed by atoms with Gasteiger partial charge in [0.05, 0.1) is 21.4 Å². The molecule has 0 saturated carbocycles. The van der Waals surface area contributed by atoms with E-state index in [1.54, 1.807) is 24.3 Å². The van der Waals surface area contributed by atoms with Crippen LogP contribution in [0.3, 0.4) is 0 Å². The number of hydrogen-bond acceptors (Lipinski definition) is 12. The molecule has 0 bridgehead atoms. The Morgan fingerprint density at radius 3 is 1.40 bits per heavy atom. The van der Waals surface area contributed by atoms with E-state index in [9.17, 15) is 35.5 Å². The van der Waals surface area contributed by atoms with Crippen molar-refractivity contribution < 1.29 is 44.4 Å². The molecule has 2 amide bonds. The van der Waals surface area contributed by atoms with Gasteiger partial charge in [-0.25, -0.2) is 9.36 Å². The number of amides is 2. The molecule has 6 heterocycles. The van der Waals surface area contributed by atoms with E-state index in [1.165, 1.54) is 33.6 Å². The van der Waals surface area contributed by atoms with Crippen molar-refractivity contribution in [1.82, 2.24) is 30.2 Å². The zero-order valence-electron chi connectivity index (χ0n) is 29.0. The average Bonchev–Trinajstić information content (AvgIpc) is 3.97.